The number of likely N-dealkylation sites (N-methyl/N-ethyl adjacent to an activating group) is 1. The number of carbonyl (C=O) groups is 2. The minimum Gasteiger partial charge on any atom is -0.378 e. The van der Waals surface area contributed by atoms with Gasteiger partial charge in [-0.3, -0.25) is 9.59 Å². The molecular weight excluding hydrogens is 736 g/mol. The van der Waals surface area contributed by atoms with Gasteiger partial charge in [0.15, 0.2) is 5.82 Å². The van der Waals surface area contributed by atoms with Crippen LogP contribution in [0.2, 0.25) is 0 Å². The molecule has 12 nitrogen and oxygen atoms in total. The monoisotopic (exact) mass is 777 g/mol. The van der Waals surface area contributed by atoms with E-state index in [1.807, 2.05) is 47.9 Å². The molecule has 2 aliphatic heterocycles. The van der Waals surface area contributed by atoms with Crippen molar-refractivity contribution in [3.05, 3.63) is 119 Å². The van der Waals surface area contributed by atoms with Gasteiger partial charge in [0.25, 0.3) is 5.91 Å². The van der Waals surface area contributed by atoms with Crippen LogP contribution in [0.4, 0.5) is 24.8 Å². The molecule has 5 heterocycles. The summed E-state index contributed by atoms with van der Waals surface area (Å²) < 4.78 is 53.3. The molecule has 0 saturated carbocycles. The van der Waals surface area contributed by atoms with Crippen molar-refractivity contribution < 1.29 is 27.5 Å². The summed E-state index contributed by atoms with van der Waals surface area (Å²) in [5.74, 6) is -1.48. The zero-order valence-electron chi connectivity index (χ0n) is 31.8. The number of hydrogen-bond donors (Lipinski definition) is 2. The number of aromatic nitrogens is 5. The van der Waals surface area contributed by atoms with E-state index >= 15 is 8.78 Å². The van der Waals surface area contributed by atoms with Gasteiger partial charge in [0.1, 0.15) is 46.4 Å². The van der Waals surface area contributed by atoms with Crippen LogP contribution in [0.15, 0.2) is 85.1 Å². The summed E-state index contributed by atoms with van der Waals surface area (Å²) in [5, 5.41) is 11.1. The number of anilines is 2. The first-order valence-corrected chi connectivity index (χ1v) is 18.9. The van der Waals surface area contributed by atoms with Crippen molar-refractivity contribution in [2.45, 2.75) is 50.9 Å². The zero-order chi connectivity index (χ0) is 39.8. The van der Waals surface area contributed by atoms with E-state index in [9.17, 15) is 14.0 Å². The van der Waals surface area contributed by atoms with Crippen LogP contribution >= 0.6 is 0 Å². The molecule has 6 aromatic rings. The molecule has 2 amide bonds. The number of rotatable bonds is 8. The van der Waals surface area contributed by atoms with Gasteiger partial charge in [-0.05, 0) is 62.1 Å². The molecule has 0 unspecified atom stereocenters. The highest BCUT2D eigenvalue weighted by atomic mass is 19.1. The average Bonchev–Trinajstić information content (AvgIpc) is 3.90. The summed E-state index contributed by atoms with van der Waals surface area (Å²) in [6.45, 7) is 2.87. The third-order valence-electron chi connectivity index (χ3n) is 10.7. The van der Waals surface area contributed by atoms with Crippen LogP contribution in [0.25, 0.3) is 28.0 Å². The van der Waals surface area contributed by atoms with E-state index in [2.05, 4.69) is 20.7 Å². The second-order valence-electron chi connectivity index (χ2n) is 14.6. The van der Waals surface area contributed by atoms with E-state index in [1.165, 1.54) is 34.0 Å². The number of ether oxygens (including phenoxy) is 1. The van der Waals surface area contributed by atoms with Crippen LogP contribution in [-0.2, 0) is 22.5 Å². The number of amides is 2. The van der Waals surface area contributed by atoms with Crippen molar-refractivity contribution in [3.8, 4) is 16.9 Å². The average molecular weight is 778 g/mol. The SMILES string of the molecule is CO[C@H]1CN(C)C(=O)[C@@H]2C[C@@H](CN2C(=O)c2cnn(-c3ccc(F)cc3F)c2NCCCc2ccccc2)Nc2cccc(n2)-c2cc(F)cc3nc(C)n(c23)C1. The minimum atomic E-state index is -0.893. The first-order valence-electron chi connectivity index (χ1n) is 18.9. The summed E-state index contributed by atoms with van der Waals surface area (Å²) in [7, 11) is 3.24. The van der Waals surface area contributed by atoms with Crippen molar-refractivity contribution in [1.82, 2.24) is 34.1 Å². The Labute approximate surface area is 327 Å². The van der Waals surface area contributed by atoms with Gasteiger partial charge in [0.05, 0.1) is 35.6 Å². The Hall–Kier alpha value is -6.22. The van der Waals surface area contributed by atoms with Gasteiger partial charge >= 0.3 is 0 Å². The molecule has 294 valence electrons. The molecule has 1 fully saturated rings. The van der Waals surface area contributed by atoms with Crippen LogP contribution in [0, 0.1) is 24.4 Å². The number of aryl methyl sites for hydroxylation is 2. The lowest BCUT2D eigenvalue weighted by atomic mass is 10.1. The fraction of sp³-hybridized carbons (Fsp3) is 0.310. The van der Waals surface area contributed by atoms with Gasteiger partial charge in [0.2, 0.25) is 5.91 Å². The van der Waals surface area contributed by atoms with Crippen LogP contribution in [0.5, 0.6) is 0 Å². The Morgan fingerprint density at radius 1 is 0.965 bits per heavy atom. The molecular formula is C42H42F3N9O3. The Balaban J connectivity index is 1.15. The van der Waals surface area contributed by atoms with Gasteiger partial charge in [-0.2, -0.15) is 5.10 Å². The molecule has 2 aliphatic rings. The zero-order valence-corrected chi connectivity index (χ0v) is 31.8. The lowest BCUT2D eigenvalue weighted by Gasteiger charge is -2.30. The summed E-state index contributed by atoms with van der Waals surface area (Å²) in [4.78, 5) is 41.8. The molecule has 0 aliphatic carbocycles. The number of halogens is 3. The highest BCUT2D eigenvalue weighted by Crippen LogP contribution is 2.33. The summed E-state index contributed by atoms with van der Waals surface area (Å²) >= 11 is 0. The number of fused-ring (bicyclic) bond motifs is 5. The molecule has 57 heavy (non-hydrogen) atoms. The largest absolute Gasteiger partial charge is 0.378 e. The number of imidazole rings is 1. The van der Waals surface area contributed by atoms with E-state index in [0.717, 1.165) is 24.1 Å². The molecule has 0 spiro atoms. The van der Waals surface area contributed by atoms with Gasteiger partial charge in [-0.25, -0.2) is 27.8 Å². The maximum atomic E-state index is 15.2. The fourth-order valence-corrected chi connectivity index (χ4v) is 7.91. The van der Waals surface area contributed by atoms with Crippen molar-refractivity contribution in [2.75, 3.05) is 44.4 Å². The highest BCUT2D eigenvalue weighted by Gasteiger charge is 2.43. The molecule has 3 aromatic heterocycles. The number of nitrogens with one attached hydrogen (secondary N) is 2. The Kier molecular flexibility index (Phi) is 10.4. The van der Waals surface area contributed by atoms with Crippen LogP contribution in [-0.4, -0.2) is 97.9 Å². The van der Waals surface area contributed by atoms with E-state index in [4.69, 9.17) is 9.72 Å². The molecule has 2 N–H and O–H groups in total. The molecule has 15 heteroatoms. The summed E-state index contributed by atoms with van der Waals surface area (Å²) in [5.41, 5.74) is 3.49. The molecule has 3 atom stereocenters. The van der Waals surface area contributed by atoms with E-state index in [1.54, 1.807) is 31.2 Å². The Bertz CT molecular complexity index is 2450. The van der Waals surface area contributed by atoms with Gasteiger partial charge < -0.3 is 29.7 Å². The quantitative estimate of drug-likeness (QED) is 0.175. The fourth-order valence-electron chi connectivity index (χ4n) is 7.91. The Morgan fingerprint density at radius 3 is 2.58 bits per heavy atom. The van der Waals surface area contributed by atoms with Crippen molar-refractivity contribution in [3.63, 3.8) is 0 Å². The third-order valence-corrected chi connectivity index (χ3v) is 10.7. The first-order chi connectivity index (χ1) is 27.6. The van der Waals surface area contributed by atoms with Gasteiger partial charge in [-0.1, -0.05) is 36.4 Å². The maximum absolute atomic E-state index is 15.2. The van der Waals surface area contributed by atoms with E-state index in [0.29, 0.717) is 53.4 Å². The number of benzene rings is 3. The number of carbonyl (C=O) groups excluding carboxylic acids is 2. The second-order valence-corrected chi connectivity index (χ2v) is 14.6. The first kappa shape index (κ1) is 37.7. The second kappa shape index (κ2) is 15.7. The number of pyridine rings is 1. The molecule has 0 radical (unpaired) electrons. The summed E-state index contributed by atoms with van der Waals surface area (Å²) in [6, 6.07) is 20.0. The van der Waals surface area contributed by atoms with Crippen molar-refractivity contribution >= 4 is 34.5 Å². The maximum Gasteiger partial charge on any atom is 0.260 e. The Morgan fingerprint density at radius 2 is 1.79 bits per heavy atom. The van der Waals surface area contributed by atoms with Crippen LogP contribution < -0.4 is 10.6 Å². The lowest BCUT2D eigenvalue weighted by Crippen LogP contribution is -2.48. The van der Waals surface area contributed by atoms with E-state index < -0.39 is 41.5 Å². The summed E-state index contributed by atoms with van der Waals surface area (Å²) in [6.07, 6.45) is 2.55. The predicted molar refractivity (Wildman–Crippen MR) is 210 cm³/mol. The van der Waals surface area contributed by atoms with Gasteiger partial charge in [-0.15, -0.1) is 0 Å². The number of methoxy groups -OCH3 is 1. The third kappa shape index (κ3) is 7.54. The molecule has 1 saturated heterocycles. The number of nitrogens with zero attached hydrogens (tertiary/aromatic N) is 7. The smallest absolute Gasteiger partial charge is 0.260 e. The topological polar surface area (TPSA) is 122 Å². The molecule has 3 aromatic carbocycles. The van der Waals surface area contributed by atoms with Gasteiger partial charge in [0, 0.05) is 57.5 Å². The predicted octanol–water partition coefficient (Wildman–Crippen LogP) is 6.24. The molecule has 8 rings (SSSR count). The number of likely N-dealkylation sites (tertiary alicyclic amines) is 1. The van der Waals surface area contributed by atoms with Crippen LogP contribution in [0.3, 0.4) is 0 Å². The van der Waals surface area contributed by atoms with Crippen molar-refractivity contribution in [2.24, 2.45) is 0 Å². The number of hydrogen-bond acceptors (Lipinski definition) is 8. The minimum absolute atomic E-state index is 0.0424. The lowest BCUT2D eigenvalue weighted by molar-refractivity contribution is -0.135. The van der Waals surface area contributed by atoms with Crippen molar-refractivity contribution in [1.29, 1.82) is 0 Å². The highest BCUT2D eigenvalue weighted by molar-refractivity contribution is 6.02. The van der Waals surface area contributed by atoms with Crippen LogP contribution in [0.1, 0.15) is 34.6 Å². The normalized spacial score (nSPS) is 18.4. The molecule has 4 bridgehead atoms. The standard InChI is InChI=1S/C42H42F3N9O3/c1-25-48-35-19-28(44)17-31-34-12-7-13-38(50-34)49-29-20-37(42(56)51(2)23-30(57-3)24-52(25)39(31)35)53(22-29)41(55)32-21-47-54(36-15-14-27(43)18-33(36)45)40(32)46-16-8-11-26-9-5-4-6-10-26/h4-7,9-10,12-15,17-19,21,29-30,37,46H,8,11,16,20,22-24H2,1-3H3,(H,49,50)/t29-,30-,37-/m0/s1. The van der Waals surface area contributed by atoms with E-state index in [-0.39, 0.29) is 42.5 Å².